The Morgan fingerprint density at radius 1 is 1.32 bits per heavy atom. The van der Waals surface area contributed by atoms with Gasteiger partial charge in [0.15, 0.2) is 0 Å². The molecule has 6 nitrogen and oxygen atoms in total. The quantitative estimate of drug-likeness (QED) is 0.810. The second-order valence-corrected chi connectivity index (χ2v) is 6.14. The van der Waals surface area contributed by atoms with Crippen LogP contribution in [0.1, 0.15) is 31.0 Å². The van der Waals surface area contributed by atoms with Gasteiger partial charge in [-0.2, -0.15) is 5.10 Å². The Morgan fingerprint density at radius 2 is 2.00 bits per heavy atom. The number of ether oxygens (including phenoxy) is 1. The van der Waals surface area contributed by atoms with Gasteiger partial charge in [0.2, 0.25) is 5.88 Å². The fraction of sp³-hybridized carbons (Fsp3) is 0.812. The van der Waals surface area contributed by atoms with Gasteiger partial charge < -0.3 is 14.7 Å². The van der Waals surface area contributed by atoms with E-state index in [4.69, 9.17) is 4.74 Å². The van der Waals surface area contributed by atoms with E-state index in [-0.39, 0.29) is 6.61 Å². The Labute approximate surface area is 133 Å². The summed E-state index contributed by atoms with van der Waals surface area (Å²) in [5.74, 6) is 0.840. The summed E-state index contributed by atoms with van der Waals surface area (Å²) >= 11 is 0. The number of likely N-dealkylation sites (tertiary alicyclic amines) is 1. The van der Waals surface area contributed by atoms with Crippen LogP contribution in [0, 0.1) is 0 Å². The summed E-state index contributed by atoms with van der Waals surface area (Å²) in [6, 6.07) is 0.526. The molecule has 0 bridgehead atoms. The van der Waals surface area contributed by atoms with Gasteiger partial charge in [-0.05, 0) is 39.4 Å². The minimum Gasteiger partial charge on any atom is -0.481 e. The largest absolute Gasteiger partial charge is 0.481 e. The normalized spacial score (nSPS) is 17.4. The number of aliphatic hydroxyl groups is 1. The molecular formula is C16H30N4O2. The standard InChI is InChI=1S/C16H30N4O2/c1-5-15-14(16(22-4)19(3)17-15)12-20(10-11-21)13-6-8-18(2)9-7-13/h13,21H,5-12H2,1-4H3. The molecule has 1 fully saturated rings. The summed E-state index contributed by atoms with van der Waals surface area (Å²) in [6.45, 7) is 6.06. The van der Waals surface area contributed by atoms with Crippen molar-refractivity contribution in [2.24, 2.45) is 7.05 Å². The van der Waals surface area contributed by atoms with E-state index in [0.29, 0.717) is 12.6 Å². The van der Waals surface area contributed by atoms with Crippen molar-refractivity contribution in [3.05, 3.63) is 11.3 Å². The summed E-state index contributed by atoms with van der Waals surface area (Å²) in [4.78, 5) is 4.77. The van der Waals surface area contributed by atoms with Gasteiger partial charge in [-0.3, -0.25) is 4.90 Å². The van der Waals surface area contributed by atoms with E-state index in [9.17, 15) is 5.11 Å². The summed E-state index contributed by atoms with van der Waals surface area (Å²) in [5.41, 5.74) is 2.26. The Bertz CT molecular complexity index is 467. The SMILES string of the molecule is CCc1nn(C)c(OC)c1CN(CCO)C1CCN(C)CC1. The molecule has 1 aromatic rings. The van der Waals surface area contributed by atoms with Crippen LogP contribution in [0.25, 0.3) is 0 Å². The first kappa shape index (κ1) is 17.2. The van der Waals surface area contributed by atoms with E-state index >= 15 is 0 Å². The molecule has 6 heteroatoms. The van der Waals surface area contributed by atoms with Crippen molar-refractivity contribution >= 4 is 0 Å². The zero-order chi connectivity index (χ0) is 16.1. The van der Waals surface area contributed by atoms with E-state index in [2.05, 4.69) is 28.9 Å². The second-order valence-electron chi connectivity index (χ2n) is 6.14. The molecule has 126 valence electrons. The van der Waals surface area contributed by atoms with Crippen LogP contribution in [0.4, 0.5) is 0 Å². The predicted octanol–water partition coefficient (Wildman–Crippen LogP) is 0.880. The van der Waals surface area contributed by atoms with Gasteiger partial charge >= 0.3 is 0 Å². The lowest BCUT2D eigenvalue weighted by molar-refractivity contribution is 0.0931. The summed E-state index contributed by atoms with van der Waals surface area (Å²) in [7, 11) is 5.80. The Kier molecular flexibility index (Phi) is 6.23. The third kappa shape index (κ3) is 3.80. The number of aromatic nitrogens is 2. The predicted molar refractivity (Wildman–Crippen MR) is 87.2 cm³/mol. The highest BCUT2D eigenvalue weighted by Gasteiger charge is 2.26. The van der Waals surface area contributed by atoms with Crippen molar-refractivity contribution in [1.29, 1.82) is 0 Å². The number of piperidine rings is 1. The molecule has 0 aromatic carbocycles. The Balaban J connectivity index is 2.17. The van der Waals surface area contributed by atoms with E-state index in [1.807, 2.05) is 11.7 Å². The first-order valence-corrected chi connectivity index (χ1v) is 8.22. The summed E-state index contributed by atoms with van der Waals surface area (Å²) in [6.07, 6.45) is 3.20. The van der Waals surface area contributed by atoms with Crippen LogP contribution < -0.4 is 4.74 Å². The smallest absolute Gasteiger partial charge is 0.216 e. The fourth-order valence-electron chi connectivity index (χ4n) is 3.39. The number of hydrogen-bond acceptors (Lipinski definition) is 5. The van der Waals surface area contributed by atoms with Crippen LogP contribution in [-0.2, 0) is 20.0 Å². The van der Waals surface area contributed by atoms with Gasteiger partial charge in [-0.25, -0.2) is 4.68 Å². The molecule has 2 rings (SSSR count). The molecule has 2 heterocycles. The maximum absolute atomic E-state index is 9.45. The third-order valence-electron chi connectivity index (χ3n) is 4.65. The highest BCUT2D eigenvalue weighted by atomic mass is 16.5. The first-order valence-electron chi connectivity index (χ1n) is 8.22. The van der Waals surface area contributed by atoms with Crippen LogP contribution in [-0.4, -0.2) is 71.1 Å². The highest BCUT2D eigenvalue weighted by molar-refractivity contribution is 5.31. The number of nitrogens with zero attached hydrogens (tertiary/aromatic N) is 4. The summed E-state index contributed by atoms with van der Waals surface area (Å²) < 4.78 is 7.36. The molecule has 1 N–H and O–H groups in total. The second kappa shape index (κ2) is 7.94. The number of methoxy groups -OCH3 is 1. The number of aryl methyl sites for hydroxylation is 2. The molecule has 1 aromatic heterocycles. The van der Waals surface area contributed by atoms with Crippen LogP contribution >= 0.6 is 0 Å². The molecule has 1 saturated heterocycles. The van der Waals surface area contributed by atoms with Gasteiger partial charge in [0.25, 0.3) is 0 Å². The van der Waals surface area contributed by atoms with Crippen molar-refractivity contribution < 1.29 is 9.84 Å². The highest BCUT2D eigenvalue weighted by Crippen LogP contribution is 2.26. The first-order chi connectivity index (χ1) is 10.6. The molecule has 1 aliphatic heterocycles. The van der Waals surface area contributed by atoms with Crippen LogP contribution in [0.3, 0.4) is 0 Å². The van der Waals surface area contributed by atoms with E-state index < -0.39 is 0 Å². The molecule has 0 amide bonds. The molecule has 0 aliphatic carbocycles. The maximum atomic E-state index is 9.45. The van der Waals surface area contributed by atoms with Gasteiger partial charge in [0.1, 0.15) is 0 Å². The molecule has 22 heavy (non-hydrogen) atoms. The zero-order valence-corrected chi connectivity index (χ0v) is 14.4. The molecule has 0 atom stereocenters. The summed E-state index contributed by atoms with van der Waals surface area (Å²) in [5, 5.41) is 14.0. The van der Waals surface area contributed by atoms with Gasteiger partial charge in [-0.15, -0.1) is 0 Å². The lowest BCUT2D eigenvalue weighted by Gasteiger charge is -2.37. The number of aliphatic hydroxyl groups excluding tert-OH is 1. The number of rotatable bonds is 7. The third-order valence-corrected chi connectivity index (χ3v) is 4.65. The van der Waals surface area contributed by atoms with Crippen molar-refractivity contribution in [2.75, 3.05) is 40.4 Å². The monoisotopic (exact) mass is 310 g/mol. The molecule has 0 spiro atoms. The molecule has 0 unspecified atom stereocenters. The van der Waals surface area contributed by atoms with Crippen LogP contribution in [0.15, 0.2) is 0 Å². The topological polar surface area (TPSA) is 53.8 Å². The average Bonchev–Trinajstić information content (AvgIpc) is 2.82. The molecule has 0 radical (unpaired) electrons. The van der Waals surface area contributed by atoms with E-state index in [1.165, 1.54) is 5.56 Å². The Morgan fingerprint density at radius 3 is 2.55 bits per heavy atom. The van der Waals surface area contributed by atoms with Crippen molar-refractivity contribution in [3.63, 3.8) is 0 Å². The van der Waals surface area contributed by atoms with Crippen molar-refractivity contribution in [1.82, 2.24) is 19.6 Å². The molecular weight excluding hydrogens is 280 g/mol. The Hall–Kier alpha value is -1.11. The van der Waals surface area contributed by atoms with Crippen molar-refractivity contribution in [3.8, 4) is 5.88 Å². The minimum absolute atomic E-state index is 0.191. The lowest BCUT2D eigenvalue weighted by atomic mass is 10.0. The molecule has 1 aliphatic rings. The molecule has 0 saturated carbocycles. The van der Waals surface area contributed by atoms with Gasteiger partial charge in [0.05, 0.1) is 25.0 Å². The van der Waals surface area contributed by atoms with E-state index in [0.717, 1.165) is 50.5 Å². The number of hydrogen-bond donors (Lipinski definition) is 1. The van der Waals surface area contributed by atoms with Gasteiger partial charge in [-0.1, -0.05) is 6.92 Å². The van der Waals surface area contributed by atoms with Gasteiger partial charge in [0, 0.05) is 26.2 Å². The fourth-order valence-corrected chi connectivity index (χ4v) is 3.39. The maximum Gasteiger partial charge on any atom is 0.216 e. The lowest BCUT2D eigenvalue weighted by Crippen LogP contribution is -2.44. The van der Waals surface area contributed by atoms with Crippen molar-refractivity contribution in [2.45, 2.75) is 38.8 Å². The zero-order valence-electron chi connectivity index (χ0n) is 14.4. The minimum atomic E-state index is 0.191. The van der Waals surface area contributed by atoms with E-state index in [1.54, 1.807) is 7.11 Å². The average molecular weight is 310 g/mol. The van der Waals surface area contributed by atoms with Crippen LogP contribution in [0.2, 0.25) is 0 Å². The van der Waals surface area contributed by atoms with Crippen LogP contribution in [0.5, 0.6) is 5.88 Å².